The molecule has 2 aliphatic heterocycles. The van der Waals surface area contributed by atoms with E-state index < -0.39 is 10.0 Å². The Bertz CT molecular complexity index is 873. The van der Waals surface area contributed by atoms with Gasteiger partial charge in [0, 0.05) is 57.8 Å². The summed E-state index contributed by atoms with van der Waals surface area (Å²) < 4.78 is 39.7. The van der Waals surface area contributed by atoms with E-state index in [2.05, 4.69) is 17.1 Å². The van der Waals surface area contributed by atoms with Crippen molar-refractivity contribution in [2.75, 3.05) is 66.6 Å². The molecule has 1 aromatic rings. The number of sulfonamides is 1. The molecule has 0 saturated carbocycles. The molecule has 1 amide bonds. The number of benzene rings is 1. The van der Waals surface area contributed by atoms with E-state index in [1.165, 1.54) is 24.6 Å². The second kappa shape index (κ2) is 11.3. The van der Waals surface area contributed by atoms with Crippen molar-refractivity contribution in [2.24, 2.45) is 0 Å². The third-order valence-corrected chi connectivity index (χ3v) is 8.24. The molecule has 32 heavy (non-hydrogen) atoms. The quantitative estimate of drug-likeness (QED) is 0.548. The minimum atomic E-state index is -3.90. The number of likely N-dealkylation sites (tertiary alicyclic amines) is 1. The molecule has 0 aromatic heterocycles. The predicted octanol–water partition coefficient (Wildman–Crippen LogP) is 1.00. The normalized spacial score (nSPS) is 20.0. The van der Waals surface area contributed by atoms with Crippen LogP contribution in [-0.2, 0) is 14.8 Å². The first kappa shape index (κ1) is 24.8. The molecule has 2 aliphatic rings. The standard InChI is InChI=1S/C22H36N4O5S/c1-4-24-12-5-6-18(24)17-26(13-9-22(27)25-14-10-23-11-15-25)32(28,29)21-16-19(30-2)7-8-20(21)31-3/h7-8,16,18,23H,4-6,9-15,17H2,1-3H3. The van der Waals surface area contributed by atoms with Gasteiger partial charge in [0.2, 0.25) is 15.9 Å². The van der Waals surface area contributed by atoms with E-state index in [4.69, 9.17) is 9.47 Å². The van der Waals surface area contributed by atoms with Gasteiger partial charge in [-0.15, -0.1) is 0 Å². The number of likely N-dealkylation sites (N-methyl/N-ethyl adjacent to an activating group) is 1. The molecule has 2 heterocycles. The lowest BCUT2D eigenvalue weighted by atomic mass is 10.2. The SMILES string of the molecule is CCN1CCCC1CN(CCC(=O)N1CCNCC1)S(=O)(=O)c1cc(OC)ccc1OC. The van der Waals surface area contributed by atoms with Crippen LogP contribution < -0.4 is 14.8 Å². The van der Waals surface area contributed by atoms with Gasteiger partial charge in [-0.05, 0) is 38.1 Å². The van der Waals surface area contributed by atoms with Crippen LogP contribution in [0.25, 0.3) is 0 Å². The Hall–Kier alpha value is -1.88. The van der Waals surface area contributed by atoms with E-state index >= 15 is 0 Å². The van der Waals surface area contributed by atoms with E-state index in [1.54, 1.807) is 17.0 Å². The monoisotopic (exact) mass is 468 g/mol. The maximum Gasteiger partial charge on any atom is 0.246 e. The zero-order valence-corrected chi connectivity index (χ0v) is 20.2. The first-order valence-electron chi connectivity index (χ1n) is 11.4. The fourth-order valence-electron chi connectivity index (χ4n) is 4.48. The number of amides is 1. The van der Waals surface area contributed by atoms with Crippen molar-refractivity contribution in [2.45, 2.75) is 37.1 Å². The molecule has 10 heteroatoms. The zero-order valence-electron chi connectivity index (χ0n) is 19.4. The average Bonchev–Trinajstić information content (AvgIpc) is 3.28. The maximum atomic E-state index is 13.8. The Balaban J connectivity index is 1.85. The second-order valence-electron chi connectivity index (χ2n) is 8.19. The van der Waals surface area contributed by atoms with E-state index in [1.807, 2.05) is 0 Å². The minimum Gasteiger partial charge on any atom is -0.497 e. The summed E-state index contributed by atoms with van der Waals surface area (Å²) in [5.41, 5.74) is 0. The van der Waals surface area contributed by atoms with Crippen LogP contribution in [0.3, 0.4) is 0 Å². The van der Waals surface area contributed by atoms with Gasteiger partial charge in [0.15, 0.2) is 0 Å². The number of nitrogens with zero attached hydrogens (tertiary/aromatic N) is 3. The van der Waals surface area contributed by atoms with Gasteiger partial charge in [-0.25, -0.2) is 8.42 Å². The van der Waals surface area contributed by atoms with Crippen LogP contribution in [0.4, 0.5) is 0 Å². The Morgan fingerprint density at radius 3 is 2.59 bits per heavy atom. The number of carbonyl (C=O) groups excluding carboxylic acids is 1. The minimum absolute atomic E-state index is 0.0110. The van der Waals surface area contributed by atoms with Gasteiger partial charge in [0.1, 0.15) is 16.4 Å². The number of ether oxygens (including phenoxy) is 2. The zero-order chi connectivity index (χ0) is 23.1. The van der Waals surface area contributed by atoms with Crippen LogP contribution in [0.5, 0.6) is 11.5 Å². The van der Waals surface area contributed by atoms with Gasteiger partial charge in [0.25, 0.3) is 0 Å². The molecule has 1 atom stereocenters. The van der Waals surface area contributed by atoms with Crippen LogP contribution in [0, 0.1) is 0 Å². The number of rotatable bonds is 10. The van der Waals surface area contributed by atoms with Gasteiger partial charge < -0.3 is 19.7 Å². The highest BCUT2D eigenvalue weighted by Crippen LogP contribution is 2.31. The largest absolute Gasteiger partial charge is 0.497 e. The molecular formula is C22H36N4O5S. The molecule has 2 fully saturated rings. The Morgan fingerprint density at radius 1 is 1.19 bits per heavy atom. The fraction of sp³-hybridized carbons (Fsp3) is 0.682. The lowest BCUT2D eigenvalue weighted by Crippen LogP contribution is -2.48. The topological polar surface area (TPSA) is 91.4 Å². The summed E-state index contributed by atoms with van der Waals surface area (Å²) in [5, 5.41) is 3.23. The van der Waals surface area contributed by atoms with Crippen LogP contribution in [0.15, 0.2) is 23.1 Å². The van der Waals surface area contributed by atoms with Crippen LogP contribution in [0.1, 0.15) is 26.2 Å². The van der Waals surface area contributed by atoms with Crippen molar-refractivity contribution < 1.29 is 22.7 Å². The molecule has 1 aromatic carbocycles. The fourth-order valence-corrected chi connectivity index (χ4v) is 6.13. The van der Waals surface area contributed by atoms with Gasteiger partial charge in [-0.1, -0.05) is 6.92 Å². The number of hydrogen-bond donors (Lipinski definition) is 1. The average molecular weight is 469 g/mol. The first-order chi connectivity index (χ1) is 15.4. The van der Waals surface area contributed by atoms with Crippen molar-refractivity contribution in [1.82, 2.24) is 19.4 Å². The molecule has 0 bridgehead atoms. The maximum absolute atomic E-state index is 13.8. The van der Waals surface area contributed by atoms with Gasteiger partial charge in [0.05, 0.1) is 14.2 Å². The molecular weight excluding hydrogens is 432 g/mol. The van der Waals surface area contributed by atoms with Crippen molar-refractivity contribution in [3.63, 3.8) is 0 Å². The van der Waals surface area contributed by atoms with Gasteiger partial charge >= 0.3 is 0 Å². The molecule has 3 rings (SSSR count). The summed E-state index contributed by atoms with van der Waals surface area (Å²) in [7, 11) is -0.950. The summed E-state index contributed by atoms with van der Waals surface area (Å²) in [4.78, 5) is 16.9. The first-order valence-corrected chi connectivity index (χ1v) is 12.8. The molecule has 9 nitrogen and oxygen atoms in total. The Kier molecular flexibility index (Phi) is 8.75. The van der Waals surface area contributed by atoms with Crippen molar-refractivity contribution >= 4 is 15.9 Å². The van der Waals surface area contributed by atoms with Crippen LogP contribution in [0.2, 0.25) is 0 Å². The number of hydrogen-bond acceptors (Lipinski definition) is 7. The third-order valence-electron chi connectivity index (χ3n) is 6.35. The van der Waals surface area contributed by atoms with Crippen LogP contribution >= 0.6 is 0 Å². The Morgan fingerprint density at radius 2 is 1.94 bits per heavy atom. The van der Waals surface area contributed by atoms with Crippen molar-refractivity contribution in [3.05, 3.63) is 18.2 Å². The molecule has 0 aliphatic carbocycles. The van der Waals surface area contributed by atoms with E-state index in [0.717, 1.165) is 39.0 Å². The Labute approximate surface area is 191 Å². The number of piperazine rings is 1. The molecule has 0 spiro atoms. The van der Waals surface area contributed by atoms with Crippen molar-refractivity contribution in [1.29, 1.82) is 0 Å². The summed E-state index contributed by atoms with van der Waals surface area (Å²) in [6, 6.07) is 4.90. The molecule has 1 N–H and O–H groups in total. The number of methoxy groups -OCH3 is 2. The molecule has 1 unspecified atom stereocenters. The smallest absolute Gasteiger partial charge is 0.246 e. The van der Waals surface area contributed by atoms with Gasteiger partial charge in [-0.3, -0.25) is 9.69 Å². The van der Waals surface area contributed by atoms with E-state index in [0.29, 0.717) is 25.4 Å². The van der Waals surface area contributed by atoms with Crippen molar-refractivity contribution in [3.8, 4) is 11.5 Å². The molecule has 180 valence electrons. The van der Waals surface area contributed by atoms with E-state index in [9.17, 15) is 13.2 Å². The molecule has 2 saturated heterocycles. The highest BCUT2D eigenvalue weighted by Gasteiger charge is 2.34. The highest BCUT2D eigenvalue weighted by atomic mass is 32.2. The third kappa shape index (κ3) is 5.72. The molecule has 0 radical (unpaired) electrons. The lowest BCUT2D eigenvalue weighted by molar-refractivity contribution is -0.131. The number of nitrogens with one attached hydrogen (secondary N) is 1. The predicted molar refractivity (Wildman–Crippen MR) is 123 cm³/mol. The summed E-state index contributed by atoms with van der Waals surface area (Å²) in [5.74, 6) is 0.698. The summed E-state index contributed by atoms with van der Waals surface area (Å²) >= 11 is 0. The summed E-state index contributed by atoms with van der Waals surface area (Å²) in [6.45, 7) is 7.27. The second-order valence-corrected chi connectivity index (χ2v) is 10.1. The number of carbonyl (C=O) groups is 1. The lowest BCUT2D eigenvalue weighted by Gasteiger charge is -2.31. The van der Waals surface area contributed by atoms with Gasteiger partial charge in [-0.2, -0.15) is 4.31 Å². The highest BCUT2D eigenvalue weighted by molar-refractivity contribution is 7.89. The van der Waals surface area contributed by atoms with Crippen LogP contribution in [-0.4, -0.2) is 101 Å². The summed E-state index contributed by atoms with van der Waals surface area (Å²) in [6.07, 6.45) is 2.15. The van der Waals surface area contributed by atoms with E-state index in [-0.39, 0.29) is 35.6 Å².